The molecule has 2 N–H and O–H groups in total. The van der Waals surface area contributed by atoms with Gasteiger partial charge in [-0.15, -0.1) is 16.9 Å². The Morgan fingerprint density at radius 1 is 0.804 bits per heavy atom. The van der Waals surface area contributed by atoms with E-state index in [0.717, 1.165) is 27.8 Å². The van der Waals surface area contributed by atoms with Gasteiger partial charge >= 0.3 is 5.97 Å². The van der Waals surface area contributed by atoms with E-state index in [1.807, 2.05) is 152 Å². The Kier molecular flexibility index (Phi) is 10.3. The van der Waals surface area contributed by atoms with Crippen LogP contribution < -0.4 is 10.6 Å². The van der Waals surface area contributed by atoms with E-state index in [9.17, 15) is 14.4 Å². The fourth-order valence-electron chi connectivity index (χ4n) is 7.19. The number of nitrogens with zero attached hydrogens (tertiary/aromatic N) is 5. The second kappa shape index (κ2) is 15.9. The normalized spacial score (nSPS) is 16.4. The lowest BCUT2D eigenvalue weighted by Crippen LogP contribution is -2.70. The number of β-lactam (4-membered cyclic amide) rings is 1. The van der Waals surface area contributed by atoms with Gasteiger partial charge in [0.25, 0.3) is 11.9 Å². The van der Waals surface area contributed by atoms with E-state index in [1.54, 1.807) is 6.08 Å². The number of hydrogen-bond donors (Lipinski definition) is 2. The highest BCUT2D eigenvalue weighted by atomic mass is 32.2. The van der Waals surface area contributed by atoms with Gasteiger partial charge < -0.3 is 15.4 Å². The molecule has 0 radical (unpaired) electrons. The molecule has 0 spiro atoms. The average Bonchev–Trinajstić information content (AvgIpc) is 3.70. The molecule has 0 saturated carbocycles. The molecule has 8 rings (SSSR count). The van der Waals surface area contributed by atoms with Crippen molar-refractivity contribution < 1.29 is 19.1 Å². The molecule has 1 saturated heterocycles. The number of carbonyl (C=O) groups excluding carboxylic acids is 3. The molecule has 56 heavy (non-hydrogen) atoms. The zero-order valence-corrected chi connectivity index (χ0v) is 31.0. The summed E-state index contributed by atoms with van der Waals surface area (Å²) in [6.45, 7) is 3.61. The maximum atomic E-state index is 14.0. The number of thioether (sulfide) groups is 1. The van der Waals surface area contributed by atoms with Crippen LogP contribution in [0.15, 0.2) is 176 Å². The number of hydrogen-bond acceptors (Lipinski definition) is 9. The fourth-order valence-corrected chi connectivity index (χ4v) is 8.53. The summed E-state index contributed by atoms with van der Waals surface area (Å²) in [6.07, 6.45) is 0.875. The smallest absolute Gasteiger partial charge is 0.356 e. The van der Waals surface area contributed by atoms with Crippen LogP contribution in [0.2, 0.25) is 0 Å². The SMILES string of the molecule is C=CC1=C(C(=O)OC(c2ccccc2)c2ccccc2)N2C(=O)C(NC(=O)Cn3nnc(NC(c4ccccc4)(c4ccccc4)c4ccccc4)n3)[C@H]2SC1. The first-order chi connectivity index (χ1) is 27.5. The summed E-state index contributed by atoms with van der Waals surface area (Å²) in [5.74, 6) is -0.945. The number of benzene rings is 5. The first-order valence-corrected chi connectivity index (χ1v) is 19.1. The molecule has 2 aliphatic rings. The van der Waals surface area contributed by atoms with Gasteiger partial charge in [0, 0.05) is 5.75 Å². The summed E-state index contributed by atoms with van der Waals surface area (Å²) in [4.78, 5) is 43.7. The number of aromatic nitrogens is 4. The third-order valence-electron chi connectivity index (χ3n) is 9.84. The summed E-state index contributed by atoms with van der Waals surface area (Å²) in [6, 6.07) is 48.0. The Morgan fingerprint density at radius 2 is 1.30 bits per heavy atom. The summed E-state index contributed by atoms with van der Waals surface area (Å²) < 4.78 is 6.14. The molecule has 11 nitrogen and oxygen atoms in total. The molecule has 0 aliphatic carbocycles. The van der Waals surface area contributed by atoms with E-state index < -0.39 is 40.8 Å². The monoisotopic (exact) mass is 759 g/mol. The molecule has 5 aromatic carbocycles. The van der Waals surface area contributed by atoms with Crippen molar-refractivity contribution in [2.45, 2.75) is 29.6 Å². The number of anilines is 1. The number of allylic oxidation sites excluding steroid dienone is 1. The summed E-state index contributed by atoms with van der Waals surface area (Å²) >= 11 is 1.44. The molecule has 0 bridgehead atoms. The number of ether oxygens (including phenoxy) is 1. The summed E-state index contributed by atoms with van der Waals surface area (Å²) in [7, 11) is 0. The van der Waals surface area contributed by atoms with Crippen molar-refractivity contribution in [3.05, 3.63) is 203 Å². The molecule has 12 heteroatoms. The molecule has 2 atom stereocenters. The number of rotatable bonds is 13. The third kappa shape index (κ3) is 6.98. The van der Waals surface area contributed by atoms with E-state index >= 15 is 0 Å². The molecule has 1 unspecified atom stereocenters. The van der Waals surface area contributed by atoms with Gasteiger partial charge in [0.1, 0.15) is 29.2 Å². The predicted molar refractivity (Wildman–Crippen MR) is 214 cm³/mol. The zero-order valence-electron chi connectivity index (χ0n) is 30.1. The summed E-state index contributed by atoms with van der Waals surface area (Å²) in [5, 5.41) is 18.9. The Morgan fingerprint density at radius 3 is 1.80 bits per heavy atom. The van der Waals surface area contributed by atoms with Gasteiger partial charge in [-0.05, 0) is 38.6 Å². The Hall–Kier alpha value is -6.79. The van der Waals surface area contributed by atoms with Gasteiger partial charge in [-0.2, -0.15) is 4.80 Å². The van der Waals surface area contributed by atoms with Gasteiger partial charge in [0.15, 0.2) is 6.10 Å². The number of amides is 2. The van der Waals surface area contributed by atoms with E-state index in [-0.39, 0.29) is 18.2 Å². The highest BCUT2D eigenvalue weighted by molar-refractivity contribution is 8.00. The minimum atomic E-state index is -0.890. The van der Waals surface area contributed by atoms with E-state index in [2.05, 4.69) is 32.6 Å². The number of tetrazole rings is 1. The summed E-state index contributed by atoms with van der Waals surface area (Å²) in [5.41, 5.74) is 4.27. The lowest BCUT2D eigenvalue weighted by Gasteiger charge is -2.49. The molecular weight excluding hydrogens is 723 g/mol. The molecule has 1 fully saturated rings. The quantitative estimate of drug-likeness (QED) is 0.0798. The van der Waals surface area contributed by atoms with Crippen LogP contribution in [0.5, 0.6) is 0 Å². The van der Waals surface area contributed by atoms with Gasteiger partial charge in [0.2, 0.25) is 5.91 Å². The molecule has 2 aliphatic heterocycles. The van der Waals surface area contributed by atoms with E-state index in [1.165, 1.54) is 21.5 Å². The Labute approximate surface area is 328 Å². The minimum absolute atomic E-state index is 0.128. The van der Waals surface area contributed by atoms with Crippen LogP contribution in [0, 0.1) is 0 Å². The minimum Gasteiger partial charge on any atom is -0.448 e. The van der Waals surface area contributed by atoms with Crippen molar-refractivity contribution in [3.8, 4) is 0 Å². The predicted octanol–water partition coefficient (Wildman–Crippen LogP) is 6.25. The third-order valence-corrected chi connectivity index (χ3v) is 11.1. The van der Waals surface area contributed by atoms with Crippen LogP contribution in [0.1, 0.15) is 33.9 Å². The first-order valence-electron chi connectivity index (χ1n) is 18.1. The van der Waals surface area contributed by atoms with Gasteiger partial charge in [-0.25, -0.2) is 4.79 Å². The first kappa shape index (κ1) is 36.2. The molecule has 2 amide bonds. The lowest BCUT2D eigenvalue weighted by atomic mass is 9.77. The molecule has 6 aromatic rings. The Balaban J connectivity index is 0.982. The highest BCUT2D eigenvalue weighted by Crippen LogP contribution is 2.42. The number of carbonyl (C=O) groups is 3. The van der Waals surface area contributed by atoms with E-state index in [4.69, 9.17) is 4.74 Å². The highest BCUT2D eigenvalue weighted by Gasteiger charge is 2.54. The van der Waals surface area contributed by atoms with Crippen molar-refractivity contribution >= 4 is 35.5 Å². The molecule has 278 valence electrons. The Bertz CT molecular complexity index is 2240. The molecule has 1 aromatic heterocycles. The second-order valence-corrected chi connectivity index (χ2v) is 14.4. The average molecular weight is 760 g/mol. The van der Waals surface area contributed by atoms with Crippen molar-refractivity contribution in [2.24, 2.45) is 0 Å². The van der Waals surface area contributed by atoms with E-state index in [0.29, 0.717) is 11.3 Å². The van der Waals surface area contributed by atoms with Crippen LogP contribution in [0.3, 0.4) is 0 Å². The topological polar surface area (TPSA) is 131 Å². The number of fused-ring (bicyclic) bond motifs is 1. The van der Waals surface area contributed by atoms with Gasteiger partial charge in [0.05, 0.1) is 0 Å². The standard InChI is InChI=1S/C44H37N7O4S/c1-2-30-29-56-41-37(40(53)51(41)38(30)42(54)55-39(31-18-8-3-9-19-31)32-20-10-4-11-21-32)45-36(52)28-50-48-43(47-49-50)46-44(33-22-12-5-13-23-33,34-24-14-6-15-25-34)35-26-16-7-17-27-35/h2-27,37,39,41H,1,28-29H2,(H,45,52)(H,46,48)/t37?,41-/m1/s1. The van der Waals surface area contributed by atoms with Crippen LogP contribution in [-0.4, -0.2) is 60.1 Å². The van der Waals surface area contributed by atoms with Crippen LogP contribution in [0.25, 0.3) is 0 Å². The number of esters is 1. The van der Waals surface area contributed by atoms with Crippen LogP contribution >= 0.6 is 11.8 Å². The maximum Gasteiger partial charge on any atom is 0.356 e. The number of nitrogens with one attached hydrogen (secondary N) is 2. The van der Waals surface area contributed by atoms with Crippen LogP contribution in [-0.2, 0) is 31.2 Å². The van der Waals surface area contributed by atoms with Crippen molar-refractivity contribution in [3.63, 3.8) is 0 Å². The van der Waals surface area contributed by atoms with Crippen LogP contribution in [0.4, 0.5) is 5.95 Å². The maximum absolute atomic E-state index is 14.0. The van der Waals surface area contributed by atoms with Crippen molar-refractivity contribution in [2.75, 3.05) is 11.1 Å². The van der Waals surface area contributed by atoms with Gasteiger partial charge in [-0.1, -0.05) is 169 Å². The fraction of sp³-hybridized carbons (Fsp3) is 0.136. The lowest BCUT2D eigenvalue weighted by molar-refractivity contribution is -0.154. The molecular formula is C44H37N7O4S. The zero-order chi connectivity index (χ0) is 38.5. The largest absolute Gasteiger partial charge is 0.448 e. The second-order valence-electron chi connectivity index (χ2n) is 13.3. The van der Waals surface area contributed by atoms with Crippen molar-refractivity contribution in [1.82, 2.24) is 30.4 Å². The molecule has 3 heterocycles. The van der Waals surface area contributed by atoms with Gasteiger partial charge in [-0.3, -0.25) is 14.5 Å². The van der Waals surface area contributed by atoms with Crippen molar-refractivity contribution in [1.29, 1.82) is 0 Å².